The zero-order valence-corrected chi connectivity index (χ0v) is 10.1. The van der Waals surface area contributed by atoms with Crippen LogP contribution in [0, 0.1) is 5.92 Å². The third kappa shape index (κ3) is 2.81. The topological polar surface area (TPSA) is 76.0 Å². The zero-order chi connectivity index (χ0) is 13.0. The van der Waals surface area contributed by atoms with Crippen LogP contribution in [0.4, 0.5) is 0 Å². The van der Waals surface area contributed by atoms with Gasteiger partial charge in [0.1, 0.15) is 0 Å². The van der Waals surface area contributed by atoms with E-state index in [1.165, 1.54) is 14.2 Å². The number of carboxylic acids is 1. The number of aromatic hydroxyl groups is 1. The van der Waals surface area contributed by atoms with Crippen LogP contribution in [0.5, 0.6) is 17.2 Å². The fourth-order valence-corrected chi connectivity index (χ4v) is 1.53. The maximum Gasteiger partial charge on any atom is 0.306 e. The molecule has 17 heavy (non-hydrogen) atoms. The van der Waals surface area contributed by atoms with Crippen molar-refractivity contribution in [2.24, 2.45) is 5.92 Å². The van der Waals surface area contributed by atoms with E-state index in [0.29, 0.717) is 11.3 Å². The van der Waals surface area contributed by atoms with Crippen LogP contribution in [0.2, 0.25) is 0 Å². The van der Waals surface area contributed by atoms with Crippen molar-refractivity contribution >= 4 is 5.97 Å². The Kier molecular flexibility index (Phi) is 4.20. The summed E-state index contributed by atoms with van der Waals surface area (Å²) in [5.41, 5.74) is 0.526. The number of hydrogen-bond donors (Lipinski definition) is 2. The Bertz CT molecular complexity index is 414. The number of hydrogen-bond acceptors (Lipinski definition) is 4. The Morgan fingerprint density at radius 1 is 1.35 bits per heavy atom. The van der Waals surface area contributed by atoms with Crippen LogP contribution < -0.4 is 9.47 Å². The van der Waals surface area contributed by atoms with E-state index < -0.39 is 11.9 Å². The van der Waals surface area contributed by atoms with Crippen molar-refractivity contribution in [2.75, 3.05) is 14.2 Å². The molecule has 0 spiro atoms. The molecular weight excluding hydrogens is 224 g/mol. The standard InChI is InChI=1S/C12H16O5/c1-7(12(14)15)6-8-4-5-9(16-2)11(17-3)10(8)13/h4-5,7,13H,6H2,1-3H3,(H,14,15). The highest BCUT2D eigenvalue weighted by atomic mass is 16.5. The summed E-state index contributed by atoms with van der Waals surface area (Å²) in [6.07, 6.45) is 0.238. The largest absolute Gasteiger partial charge is 0.504 e. The molecule has 94 valence electrons. The first-order valence-electron chi connectivity index (χ1n) is 5.16. The number of benzene rings is 1. The minimum absolute atomic E-state index is 0.0695. The van der Waals surface area contributed by atoms with Crippen molar-refractivity contribution in [3.8, 4) is 17.2 Å². The first kappa shape index (κ1) is 13.2. The molecule has 0 radical (unpaired) electrons. The lowest BCUT2D eigenvalue weighted by Gasteiger charge is -2.14. The zero-order valence-electron chi connectivity index (χ0n) is 10.1. The molecule has 0 saturated carbocycles. The third-order valence-electron chi connectivity index (χ3n) is 2.55. The van der Waals surface area contributed by atoms with Crippen molar-refractivity contribution in [3.63, 3.8) is 0 Å². The van der Waals surface area contributed by atoms with Crippen LogP contribution >= 0.6 is 0 Å². The summed E-state index contributed by atoms with van der Waals surface area (Å²) in [5, 5.41) is 18.8. The van der Waals surface area contributed by atoms with Crippen molar-refractivity contribution in [3.05, 3.63) is 17.7 Å². The lowest BCUT2D eigenvalue weighted by molar-refractivity contribution is -0.141. The van der Waals surface area contributed by atoms with Gasteiger partial charge in [-0.3, -0.25) is 4.79 Å². The predicted molar refractivity (Wildman–Crippen MR) is 61.7 cm³/mol. The Morgan fingerprint density at radius 2 is 2.00 bits per heavy atom. The number of carboxylic acid groups (broad SMARTS) is 1. The molecule has 0 heterocycles. The van der Waals surface area contributed by atoms with E-state index in [1.807, 2.05) is 0 Å². The van der Waals surface area contributed by atoms with Gasteiger partial charge in [0.2, 0.25) is 5.75 Å². The molecule has 0 saturated heterocycles. The van der Waals surface area contributed by atoms with E-state index in [2.05, 4.69) is 0 Å². The summed E-state index contributed by atoms with van der Waals surface area (Å²) in [6.45, 7) is 1.58. The lowest BCUT2D eigenvalue weighted by atomic mass is 10.00. The maximum atomic E-state index is 10.8. The van der Waals surface area contributed by atoms with Gasteiger partial charge >= 0.3 is 5.97 Å². The summed E-state index contributed by atoms with van der Waals surface area (Å²) in [6, 6.07) is 3.28. The minimum Gasteiger partial charge on any atom is -0.504 e. The van der Waals surface area contributed by atoms with Crippen LogP contribution in [-0.2, 0) is 11.2 Å². The van der Waals surface area contributed by atoms with Gasteiger partial charge in [0, 0.05) is 0 Å². The average molecular weight is 240 g/mol. The molecular formula is C12H16O5. The van der Waals surface area contributed by atoms with Crippen LogP contribution in [0.25, 0.3) is 0 Å². The molecule has 0 aromatic heterocycles. The number of ether oxygens (including phenoxy) is 2. The molecule has 0 fully saturated rings. The third-order valence-corrected chi connectivity index (χ3v) is 2.55. The van der Waals surface area contributed by atoms with E-state index in [0.717, 1.165) is 0 Å². The Balaban J connectivity index is 3.06. The second-order valence-electron chi connectivity index (χ2n) is 3.75. The number of aliphatic carboxylic acids is 1. The van der Waals surface area contributed by atoms with E-state index in [4.69, 9.17) is 14.6 Å². The highest BCUT2D eigenvalue weighted by Gasteiger charge is 2.18. The lowest BCUT2D eigenvalue weighted by Crippen LogP contribution is -2.12. The molecule has 1 aromatic rings. The Labute approximate surface area is 99.6 Å². The molecule has 0 bridgehead atoms. The molecule has 1 aromatic carbocycles. The summed E-state index contributed by atoms with van der Waals surface area (Å²) in [7, 11) is 2.89. The average Bonchev–Trinajstić information content (AvgIpc) is 2.31. The fourth-order valence-electron chi connectivity index (χ4n) is 1.53. The Hall–Kier alpha value is -1.91. The summed E-state index contributed by atoms with van der Waals surface area (Å²) >= 11 is 0. The molecule has 0 aliphatic rings. The number of rotatable bonds is 5. The predicted octanol–water partition coefficient (Wildman–Crippen LogP) is 1.67. The maximum absolute atomic E-state index is 10.8. The van der Waals surface area contributed by atoms with Gasteiger partial charge in [-0.2, -0.15) is 0 Å². The molecule has 0 aliphatic heterocycles. The first-order chi connectivity index (χ1) is 8.01. The van der Waals surface area contributed by atoms with Crippen molar-refractivity contribution in [1.82, 2.24) is 0 Å². The molecule has 0 aliphatic carbocycles. The quantitative estimate of drug-likeness (QED) is 0.818. The molecule has 0 amide bonds. The van der Waals surface area contributed by atoms with Gasteiger partial charge < -0.3 is 19.7 Å². The van der Waals surface area contributed by atoms with Gasteiger partial charge in [-0.1, -0.05) is 13.0 Å². The van der Waals surface area contributed by atoms with Crippen LogP contribution in [0.1, 0.15) is 12.5 Å². The normalized spacial score (nSPS) is 11.9. The minimum atomic E-state index is -0.904. The Morgan fingerprint density at radius 3 is 2.47 bits per heavy atom. The van der Waals surface area contributed by atoms with E-state index in [-0.39, 0.29) is 17.9 Å². The van der Waals surface area contributed by atoms with E-state index >= 15 is 0 Å². The molecule has 1 unspecified atom stereocenters. The van der Waals surface area contributed by atoms with Gasteiger partial charge in [0.25, 0.3) is 0 Å². The van der Waals surface area contributed by atoms with Gasteiger partial charge in [-0.15, -0.1) is 0 Å². The number of phenols is 1. The summed E-state index contributed by atoms with van der Waals surface area (Å²) < 4.78 is 10.1. The van der Waals surface area contributed by atoms with Crippen molar-refractivity contribution in [1.29, 1.82) is 0 Å². The highest BCUT2D eigenvalue weighted by Crippen LogP contribution is 2.39. The highest BCUT2D eigenvalue weighted by molar-refractivity contribution is 5.70. The second-order valence-corrected chi connectivity index (χ2v) is 3.75. The fraction of sp³-hybridized carbons (Fsp3) is 0.417. The van der Waals surface area contributed by atoms with Gasteiger partial charge in [0.05, 0.1) is 20.1 Å². The number of methoxy groups -OCH3 is 2. The van der Waals surface area contributed by atoms with Crippen LogP contribution in [0.3, 0.4) is 0 Å². The van der Waals surface area contributed by atoms with Crippen LogP contribution in [-0.4, -0.2) is 30.4 Å². The number of phenolic OH excluding ortho intramolecular Hbond substituents is 1. The number of carbonyl (C=O) groups is 1. The monoisotopic (exact) mass is 240 g/mol. The van der Waals surface area contributed by atoms with Crippen molar-refractivity contribution in [2.45, 2.75) is 13.3 Å². The van der Waals surface area contributed by atoms with Gasteiger partial charge in [-0.05, 0) is 18.1 Å². The summed E-state index contributed by atoms with van der Waals surface area (Å²) in [4.78, 5) is 10.8. The molecule has 5 heteroatoms. The SMILES string of the molecule is COc1ccc(CC(C)C(=O)O)c(O)c1OC. The van der Waals surface area contributed by atoms with E-state index in [1.54, 1.807) is 19.1 Å². The summed E-state index contributed by atoms with van der Waals surface area (Å²) in [5.74, 6) is -0.905. The van der Waals surface area contributed by atoms with Crippen molar-refractivity contribution < 1.29 is 24.5 Å². The molecule has 1 atom stereocenters. The van der Waals surface area contributed by atoms with Gasteiger partial charge in [-0.25, -0.2) is 0 Å². The molecule has 2 N–H and O–H groups in total. The second kappa shape index (κ2) is 5.43. The van der Waals surface area contributed by atoms with Crippen LogP contribution in [0.15, 0.2) is 12.1 Å². The smallest absolute Gasteiger partial charge is 0.306 e. The molecule has 5 nitrogen and oxygen atoms in total. The van der Waals surface area contributed by atoms with E-state index in [9.17, 15) is 9.90 Å². The van der Waals surface area contributed by atoms with Gasteiger partial charge in [0.15, 0.2) is 11.5 Å². The first-order valence-corrected chi connectivity index (χ1v) is 5.16. The molecule has 1 rings (SSSR count).